The maximum Gasteiger partial charge on any atom is 0.416 e. The van der Waals surface area contributed by atoms with Gasteiger partial charge >= 0.3 is 18.1 Å². The number of hydrogen-bond donors (Lipinski definition) is 3. The number of halogens is 3. The van der Waals surface area contributed by atoms with E-state index >= 15 is 0 Å². The standard InChI is InChI=1S/C17H15F3N2O5/c18-17(19,20)11-4-2-1-3-10(11)5-9(7-15(24)25)6-14(23)12-8-13(16(26)27)22-21-12/h1-4,8-9H,5-7H2,(H,21,22)(H,24,25)(H,26,27)/t9-/m0/s1. The lowest BCUT2D eigenvalue weighted by Gasteiger charge is -2.17. The molecule has 1 atom stereocenters. The highest BCUT2D eigenvalue weighted by Crippen LogP contribution is 2.33. The number of carbonyl (C=O) groups excluding carboxylic acids is 1. The number of aliphatic carboxylic acids is 1. The number of nitrogens with one attached hydrogen (secondary N) is 1. The number of H-pyrrole nitrogens is 1. The smallest absolute Gasteiger partial charge is 0.416 e. The van der Waals surface area contributed by atoms with Gasteiger partial charge in [-0.1, -0.05) is 18.2 Å². The monoisotopic (exact) mass is 384 g/mol. The molecule has 0 amide bonds. The van der Waals surface area contributed by atoms with Gasteiger partial charge in [-0.3, -0.25) is 14.7 Å². The molecule has 0 unspecified atom stereocenters. The van der Waals surface area contributed by atoms with Crippen molar-refractivity contribution in [2.24, 2.45) is 5.92 Å². The maximum absolute atomic E-state index is 13.1. The van der Waals surface area contributed by atoms with E-state index in [1.807, 2.05) is 0 Å². The number of carbonyl (C=O) groups is 3. The molecule has 0 bridgehead atoms. The van der Waals surface area contributed by atoms with Crippen molar-refractivity contribution < 1.29 is 37.8 Å². The SMILES string of the molecule is O=C(O)C[C@H](CC(=O)c1cc(C(=O)O)[nH]n1)Cc1ccccc1C(F)(F)F. The highest BCUT2D eigenvalue weighted by atomic mass is 19.4. The van der Waals surface area contributed by atoms with E-state index in [4.69, 9.17) is 10.2 Å². The summed E-state index contributed by atoms with van der Waals surface area (Å²) in [5.74, 6) is -4.16. The summed E-state index contributed by atoms with van der Waals surface area (Å²) in [6, 6.07) is 5.74. The fourth-order valence-corrected chi connectivity index (χ4v) is 2.69. The van der Waals surface area contributed by atoms with E-state index in [1.165, 1.54) is 18.2 Å². The van der Waals surface area contributed by atoms with Gasteiger partial charge in [0.2, 0.25) is 0 Å². The lowest BCUT2D eigenvalue weighted by Crippen LogP contribution is -2.18. The molecule has 0 saturated carbocycles. The van der Waals surface area contributed by atoms with Crippen LogP contribution in [0.25, 0.3) is 0 Å². The third kappa shape index (κ3) is 5.40. The molecule has 0 spiro atoms. The van der Waals surface area contributed by atoms with Crippen molar-refractivity contribution in [1.29, 1.82) is 0 Å². The Morgan fingerprint density at radius 1 is 1.11 bits per heavy atom. The minimum Gasteiger partial charge on any atom is -0.481 e. The van der Waals surface area contributed by atoms with Crippen molar-refractivity contribution >= 4 is 17.7 Å². The van der Waals surface area contributed by atoms with Gasteiger partial charge in [-0.15, -0.1) is 0 Å². The molecule has 0 aliphatic heterocycles. The van der Waals surface area contributed by atoms with E-state index in [0.29, 0.717) is 0 Å². The Balaban J connectivity index is 2.22. The van der Waals surface area contributed by atoms with Gasteiger partial charge in [0.05, 0.1) is 5.56 Å². The van der Waals surface area contributed by atoms with Crippen molar-refractivity contribution in [3.63, 3.8) is 0 Å². The van der Waals surface area contributed by atoms with E-state index in [9.17, 15) is 27.6 Å². The van der Waals surface area contributed by atoms with Crippen LogP contribution in [0.2, 0.25) is 0 Å². The largest absolute Gasteiger partial charge is 0.481 e. The van der Waals surface area contributed by atoms with Gasteiger partial charge in [0.1, 0.15) is 11.4 Å². The molecule has 27 heavy (non-hydrogen) atoms. The Labute approximate surface area is 150 Å². The number of Topliss-reactive ketones (excluding diaryl/α,β-unsaturated/α-hetero) is 1. The molecule has 10 heteroatoms. The van der Waals surface area contributed by atoms with Crippen LogP contribution < -0.4 is 0 Å². The third-order valence-corrected chi connectivity index (χ3v) is 3.86. The van der Waals surface area contributed by atoms with E-state index in [-0.39, 0.29) is 29.8 Å². The zero-order valence-corrected chi connectivity index (χ0v) is 13.8. The Morgan fingerprint density at radius 2 is 1.78 bits per heavy atom. The summed E-state index contributed by atoms with van der Waals surface area (Å²) >= 11 is 0. The fraction of sp³-hybridized carbons (Fsp3) is 0.294. The first kappa shape index (κ1) is 20.1. The summed E-state index contributed by atoms with van der Waals surface area (Å²) in [7, 11) is 0. The molecule has 2 rings (SSSR count). The Kier molecular flexibility index (Phi) is 5.98. The maximum atomic E-state index is 13.1. The molecule has 7 nitrogen and oxygen atoms in total. The summed E-state index contributed by atoms with van der Waals surface area (Å²) in [5.41, 5.74) is -1.54. The molecule has 144 valence electrons. The van der Waals surface area contributed by atoms with Crippen LogP contribution in [-0.4, -0.2) is 38.1 Å². The summed E-state index contributed by atoms with van der Waals surface area (Å²) in [6.07, 6.45) is -5.78. The number of carboxylic acid groups (broad SMARTS) is 2. The summed E-state index contributed by atoms with van der Waals surface area (Å²) in [6.45, 7) is 0. The molecular weight excluding hydrogens is 369 g/mol. The predicted octanol–water partition coefficient (Wildman–Crippen LogP) is 3.03. The molecule has 0 aliphatic carbocycles. The van der Waals surface area contributed by atoms with Gasteiger partial charge in [0.25, 0.3) is 0 Å². The second-order valence-electron chi connectivity index (χ2n) is 5.92. The normalized spacial score (nSPS) is 12.6. The molecule has 1 heterocycles. The highest BCUT2D eigenvalue weighted by Gasteiger charge is 2.34. The van der Waals surface area contributed by atoms with E-state index < -0.39 is 41.8 Å². The van der Waals surface area contributed by atoms with Crippen LogP contribution in [0.4, 0.5) is 13.2 Å². The van der Waals surface area contributed by atoms with Gasteiger partial charge in [0.15, 0.2) is 5.78 Å². The number of nitrogens with zero attached hydrogens (tertiary/aromatic N) is 1. The molecule has 3 N–H and O–H groups in total. The quantitative estimate of drug-likeness (QED) is 0.602. The number of aromatic carboxylic acids is 1. The van der Waals surface area contributed by atoms with Crippen LogP contribution in [0, 0.1) is 5.92 Å². The molecule has 2 aromatic rings. The molecule has 0 aliphatic rings. The minimum absolute atomic E-state index is 0.114. The summed E-state index contributed by atoms with van der Waals surface area (Å²) in [5, 5.41) is 23.5. The van der Waals surface area contributed by atoms with Gasteiger partial charge in [-0.25, -0.2) is 4.79 Å². The van der Waals surface area contributed by atoms with Crippen LogP contribution in [-0.2, 0) is 17.4 Å². The van der Waals surface area contributed by atoms with Crippen molar-refractivity contribution in [2.45, 2.75) is 25.4 Å². The Bertz CT molecular complexity index is 860. The second kappa shape index (κ2) is 8.02. The van der Waals surface area contributed by atoms with Crippen LogP contribution in [0.1, 0.15) is 44.9 Å². The van der Waals surface area contributed by atoms with Crippen LogP contribution in [0.3, 0.4) is 0 Å². The molecule has 1 aromatic carbocycles. The number of aromatic amines is 1. The van der Waals surface area contributed by atoms with Gasteiger partial charge in [-0.05, 0) is 24.0 Å². The topological polar surface area (TPSA) is 120 Å². The van der Waals surface area contributed by atoms with E-state index in [0.717, 1.165) is 12.1 Å². The van der Waals surface area contributed by atoms with Gasteiger partial charge in [-0.2, -0.15) is 18.3 Å². The summed E-state index contributed by atoms with van der Waals surface area (Å²) < 4.78 is 39.3. The lowest BCUT2D eigenvalue weighted by molar-refractivity contribution is -0.138. The number of benzene rings is 1. The summed E-state index contributed by atoms with van der Waals surface area (Å²) in [4.78, 5) is 34.1. The number of rotatable bonds is 8. The lowest BCUT2D eigenvalue weighted by atomic mass is 9.88. The molecule has 0 radical (unpaired) electrons. The molecule has 1 aromatic heterocycles. The third-order valence-electron chi connectivity index (χ3n) is 3.86. The molecule has 0 fully saturated rings. The van der Waals surface area contributed by atoms with Crippen LogP contribution in [0.15, 0.2) is 30.3 Å². The predicted molar refractivity (Wildman–Crippen MR) is 85.4 cm³/mol. The van der Waals surface area contributed by atoms with Gasteiger partial charge < -0.3 is 10.2 Å². The Hall–Kier alpha value is -3.17. The van der Waals surface area contributed by atoms with Crippen LogP contribution in [0.5, 0.6) is 0 Å². The second-order valence-corrected chi connectivity index (χ2v) is 5.92. The first-order valence-electron chi connectivity index (χ1n) is 7.76. The van der Waals surface area contributed by atoms with E-state index in [2.05, 4.69) is 10.2 Å². The Morgan fingerprint density at radius 3 is 2.33 bits per heavy atom. The van der Waals surface area contributed by atoms with Crippen molar-refractivity contribution in [3.05, 3.63) is 52.8 Å². The zero-order valence-electron chi connectivity index (χ0n) is 13.8. The van der Waals surface area contributed by atoms with Crippen molar-refractivity contribution in [3.8, 4) is 0 Å². The number of alkyl halides is 3. The number of hydrogen-bond acceptors (Lipinski definition) is 4. The fourth-order valence-electron chi connectivity index (χ4n) is 2.69. The highest BCUT2D eigenvalue weighted by molar-refractivity contribution is 5.97. The first-order chi connectivity index (χ1) is 12.6. The first-order valence-corrected chi connectivity index (χ1v) is 7.76. The minimum atomic E-state index is -4.60. The average molecular weight is 384 g/mol. The average Bonchev–Trinajstić information content (AvgIpc) is 3.04. The van der Waals surface area contributed by atoms with E-state index in [1.54, 1.807) is 0 Å². The van der Waals surface area contributed by atoms with Crippen LogP contribution >= 0.6 is 0 Å². The van der Waals surface area contributed by atoms with Crippen molar-refractivity contribution in [2.75, 3.05) is 0 Å². The van der Waals surface area contributed by atoms with Crippen molar-refractivity contribution in [1.82, 2.24) is 10.2 Å². The number of carboxylic acids is 2. The number of aromatic nitrogens is 2. The molecular formula is C17H15F3N2O5. The molecule has 0 saturated heterocycles. The number of ketones is 1. The zero-order chi connectivity index (χ0) is 20.2. The van der Waals surface area contributed by atoms with Gasteiger partial charge in [0, 0.05) is 18.9 Å².